The fraction of sp³-hybridized carbons (Fsp3) is 0.188. The molecule has 0 saturated carbocycles. The van der Waals surface area contributed by atoms with E-state index in [0.717, 1.165) is 16.9 Å². The third kappa shape index (κ3) is 4.29. The average Bonchev–Trinajstić information content (AvgIpc) is 2.47. The standard InChI is InChI=1S/C16H16Cl2N2O2/c1-10-4-3-5-15(11(10)2)22-9-19-16(21)20-14-8-12(17)6-7-13(14)18/h3-8H,9H2,1-2H3,(H2,19,20,21). The van der Waals surface area contributed by atoms with Crippen LogP contribution in [0, 0.1) is 13.8 Å². The van der Waals surface area contributed by atoms with Gasteiger partial charge in [-0.25, -0.2) is 4.79 Å². The summed E-state index contributed by atoms with van der Waals surface area (Å²) in [5.74, 6) is 0.737. The molecular weight excluding hydrogens is 323 g/mol. The molecule has 0 aliphatic heterocycles. The van der Waals surface area contributed by atoms with Crippen molar-refractivity contribution in [3.63, 3.8) is 0 Å². The number of carbonyl (C=O) groups is 1. The number of amides is 2. The van der Waals surface area contributed by atoms with E-state index in [9.17, 15) is 4.79 Å². The Bertz CT molecular complexity index is 690. The molecule has 22 heavy (non-hydrogen) atoms. The molecule has 2 aromatic rings. The van der Waals surface area contributed by atoms with Gasteiger partial charge in [0.25, 0.3) is 0 Å². The van der Waals surface area contributed by atoms with E-state index >= 15 is 0 Å². The number of aryl methyl sites for hydroxylation is 1. The zero-order chi connectivity index (χ0) is 16.1. The van der Waals surface area contributed by atoms with Crippen LogP contribution in [-0.4, -0.2) is 12.8 Å². The molecule has 116 valence electrons. The average molecular weight is 339 g/mol. The summed E-state index contributed by atoms with van der Waals surface area (Å²) in [6.45, 7) is 4.02. The third-order valence-corrected chi connectivity index (χ3v) is 3.76. The highest BCUT2D eigenvalue weighted by Gasteiger charge is 2.07. The monoisotopic (exact) mass is 338 g/mol. The lowest BCUT2D eigenvalue weighted by Crippen LogP contribution is -2.32. The fourth-order valence-electron chi connectivity index (χ4n) is 1.82. The van der Waals surface area contributed by atoms with Crippen molar-refractivity contribution in [2.24, 2.45) is 0 Å². The van der Waals surface area contributed by atoms with Gasteiger partial charge in [-0.15, -0.1) is 0 Å². The number of rotatable bonds is 4. The molecule has 2 N–H and O–H groups in total. The van der Waals surface area contributed by atoms with Crippen LogP contribution in [0.3, 0.4) is 0 Å². The summed E-state index contributed by atoms with van der Waals surface area (Å²) in [4.78, 5) is 11.8. The Kier molecular flexibility index (Phi) is 5.52. The summed E-state index contributed by atoms with van der Waals surface area (Å²) in [5.41, 5.74) is 2.62. The molecule has 0 spiro atoms. The van der Waals surface area contributed by atoms with Crippen molar-refractivity contribution in [1.82, 2.24) is 5.32 Å². The molecule has 6 heteroatoms. The number of urea groups is 1. The Balaban J connectivity index is 1.88. The molecule has 2 rings (SSSR count). The molecule has 0 atom stereocenters. The van der Waals surface area contributed by atoms with Gasteiger partial charge in [-0.3, -0.25) is 0 Å². The number of benzene rings is 2. The SMILES string of the molecule is Cc1cccc(OCNC(=O)Nc2cc(Cl)ccc2Cl)c1C. The second-order valence-electron chi connectivity index (χ2n) is 4.74. The first-order valence-corrected chi connectivity index (χ1v) is 7.42. The highest BCUT2D eigenvalue weighted by Crippen LogP contribution is 2.25. The molecule has 2 amide bonds. The molecule has 2 aromatic carbocycles. The van der Waals surface area contributed by atoms with Crippen LogP contribution < -0.4 is 15.4 Å². The number of hydrogen-bond acceptors (Lipinski definition) is 2. The summed E-state index contributed by atoms with van der Waals surface area (Å²) >= 11 is 11.8. The number of ether oxygens (including phenoxy) is 1. The van der Waals surface area contributed by atoms with E-state index in [1.165, 1.54) is 0 Å². The number of nitrogens with one attached hydrogen (secondary N) is 2. The Morgan fingerprint density at radius 2 is 1.95 bits per heavy atom. The fourth-order valence-corrected chi connectivity index (χ4v) is 2.16. The highest BCUT2D eigenvalue weighted by molar-refractivity contribution is 6.35. The molecule has 4 nitrogen and oxygen atoms in total. The lowest BCUT2D eigenvalue weighted by atomic mass is 10.1. The molecule has 0 saturated heterocycles. The van der Waals surface area contributed by atoms with E-state index in [-0.39, 0.29) is 6.73 Å². The molecule has 0 unspecified atom stereocenters. The van der Waals surface area contributed by atoms with Crippen LogP contribution in [0.2, 0.25) is 10.0 Å². The van der Waals surface area contributed by atoms with Crippen molar-refractivity contribution in [2.75, 3.05) is 12.0 Å². The quantitative estimate of drug-likeness (QED) is 0.789. The minimum Gasteiger partial charge on any atom is -0.473 e. The first kappa shape index (κ1) is 16.5. The van der Waals surface area contributed by atoms with Gasteiger partial charge in [-0.1, -0.05) is 35.3 Å². The van der Waals surface area contributed by atoms with E-state index in [1.54, 1.807) is 18.2 Å². The normalized spacial score (nSPS) is 10.2. The molecule has 0 bridgehead atoms. The van der Waals surface area contributed by atoms with E-state index in [0.29, 0.717) is 15.7 Å². The lowest BCUT2D eigenvalue weighted by Gasteiger charge is -2.12. The number of anilines is 1. The van der Waals surface area contributed by atoms with Crippen LogP contribution in [0.5, 0.6) is 5.75 Å². The van der Waals surface area contributed by atoms with Crippen LogP contribution in [0.15, 0.2) is 36.4 Å². The smallest absolute Gasteiger partial charge is 0.321 e. The van der Waals surface area contributed by atoms with Crippen molar-refractivity contribution in [3.8, 4) is 5.75 Å². The van der Waals surface area contributed by atoms with Gasteiger partial charge in [0.1, 0.15) is 5.75 Å². The second-order valence-corrected chi connectivity index (χ2v) is 5.59. The summed E-state index contributed by atoms with van der Waals surface area (Å²) in [6, 6.07) is 10.2. The third-order valence-electron chi connectivity index (χ3n) is 3.19. The Morgan fingerprint density at radius 1 is 1.18 bits per heavy atom. The Labute approximate surface area is 139 Å². The van der Waals surface area contributed by atoms with Gasteiger partial charge >= 0.3 is 6.03 Å². The van der Waals surface area contributed by atoms with Crippen molar-refractivity contribution in [3.05, 3.63) is 57.6 Å². The minimum absolute atomic E-state index is 0.0499. The van der Waals surface area contributed by atoms with E-state index in [1.807, 2.05) is 32.0 Å². The van der Waals surface area contributed by atoms with Gasteiger partial charge in [0.15, 0.2) is 6.73 Å². The molecule has 0 radical (unpaired) electrons. The second kappa shape index (κ2) is 7.38. The molecule has 0 aliphatic carbocycles. The molecular formula is C16H16Cl2N2O2. The van der Waals surface area contributed by atoms with Crippen LogP contribution in [0.4, 0.5) is 10.5 Å². The van der Waals surface area contributed by atoms with E-state index < -0.39 is 6.03 Å². The van der Waals surface area contributed by atoms with Crippen molar-refractivity contribution >= 4 is 34.9 Å². The van der Waals surface area contributed by atoms with Crippen molar-refractivity contribution in [2.45, 2.75) is 13.8 Å². The summed E-state index contributed by atoms with van der Waals surface area (Å²) in [5, 5.41) is 6.12. The van der Waals surface area contributed by atoms with E-state index in [2.05, 4.69) is 10.6 Å². The highest BCUT2D eigenvalue weighted by atomic mass is 35.5. The van der Waals surface area contributed by atoms with Crippen LogP contribution >= 0.6 is 23.2 Å². The minimum atomic E-state index is -0.422. The van der Waals surface area contributed by atoms with Gasteiger partial charge < -0.3 is 15.4 Å². The van der Waals surface area contributed by atoms with Gasteiger partial charge in [0.2, 0.25) is 0 Å². The van der Waals surface area contributed by atoms with Gasteiger partial charge in [-0.2, -0.15) is 0 Å². The summed E-state index contributed by atoms with van der Waals surface area (Å²) < 4.78 is 5.55. The molecule has 0 aliphatic rings. The Hall–Kier alpha value is -1.91. The van der Waals surface area contributed by atoms with E-state index in [4.69, 9.17) is 27.9 Å². The Morgan fingerprint density at radius 3 is 2.73 bits per heavy atom. The number of carbonyl (C=O) groups excluding carboxylic acids is 1. The van der Waals surface area contributed by atoms with Crippen LogP contribution in [0.25, 0.3) is 0 Å². The van der Waals surface area contributed by atoms with Crippen molar-refractivity contribution < 1.29 is 9.53 Å². The first-order chi connectivity index (χ1) is 10.5. The molecule has 0 fully saturated rings. The predicted molar refractivity (Wildman–Crippen MR) is 90.0 cm³/mol. The van der Waals surface area contributed by atoms with Crippen molar-refractivity contribution in [1.29, 1.82) is 0 Å². The van der Waals surface area contributed by atoms with Crippen LogP contribution in [-0.2, 0) is 0 Å². The van der Waals surface area contributed by atoms with Gasteiger partial charge in [-0.05, 0) is 49.2 Å². The lowest BCUT2D eigenvalue weighted by molar-refractivity contribution is 0.234. The maximum atomic E-state index is 11.8. The zero-order valence-electron chi connectivity index (χ0n) is 12.2. The predicted octanol–water partition coefficient (Wildman–Crippen LogP) is 4.77. The summed E-state index contributed by atoms with van der Waals surface area (Å²) in [7, 11) is 0. The largest absolute Gasteiger partial charge is 0.473 e. The number of hydrogen-bond donors (Lipinski definition) is 2. The number of halogens is 2. The maximum Gasteiger partial charge on any atom is 0.321 e. The van der Waals surface area contributed by atoms with Gasteiger partial charge in [0, 0.05) is 5.02 Å². The zero-order valence-corrected chi connectivity index (χ0v) is 13.8. The summed E-state index contributed by atoms with van der Waals surface area (Å²) in [6.07, 6.45) is 0. The first-order valence-electron chi connectivity index (χ1n) is 6.66. The van der Waals surface area contributed by atoms with Gasteiger partial charge in [0.05, 0.1) is 10.7 Å². The molecule has 0 heterocycles. The molecule has 0 aromatic heterocycles. The maximum absolute atomic E-state index is 11.8. The topological polar surface area (TPSA) is 50.4 Å². The van der Waals surface area contributed by atoms with Crippen LogP contribution in [0.1, 0.15) is 11.1 Å².